The van der Waals surface area contributed by atoms with E-state index in [0.717, 1.165) is 17.0 Å². The molecule has 0 bridgehead atoms. The molecule has 0 unspecified atom stereocenters. The van der Waals surface area contributed by atoms with Gasteiger partial charge in [-0.25, -0.2) is 0 Å². The molecule has 74 valence electrons. The number of alkyl halides is 1. The Kier molecular flexibility index (Phi) is 2.23. The molecule has 0 radical (unpaired) electrons. The molecule has 3 heteroatoms. The normalized spacial score (nSPS) is 17.4. The van der Waals surface area contributed by atoms with Crippen molar-refractivity contribution in [2.45, 2.75) is 25.3 Å². The van der Waals surface area contributed by atoms with Crippen molar-refractivity contribution in [2.75, 3.05) is 0 Å². The van der Waals surface area contributed by atoms with Crippen molar-refractivity contribution in [1.82, 2.24) is 4.98 Å². The first-order chi connectivity index (χ1) is 6.62. The summed E-state index contributed by atoms with van der Waals surface area (Å²) in [7, 11) is 0. The van der Waals surface area contributed by atoms with Gasteiger partial charge in [0.05, 0.1) is 11.6 Å². The van der Waals surface area contributed by atoms with Gasteiger partial charge < -0.3 is 4.74 Å². The number of nitrogens with zero attached hydrogens (tertiary/aromatic N) is 1. The molecule has 0 spiro atoms. The van der Waals surface area contributed by atoms with Crippen molar-refractivity contribution in [3.63, 3.8) is 0 Å². The lowest BCUT2D eigenvalue weighted by Gasteiger charge is -2.28. The summed E-state index contributed by atoms with van der Waals surface area (Å²) < 4.78 is 5.78. The van der Waals surface area contributed by atoms with E-state index < -0.39 is 0 Å². The Morgan fingerprint density at radius 2 is 2.29 bits per heavy atom. The zero-order valence-corrected chi connectivity index (χ0v) is 9.01. The lowest BCUT2D eigenvalue weighted by Crippen LogP contribution is -2.27. The summed E-state index contributed by atoms with van der Waals surface area (Å²) >= 11 is 5.78. The van der Waals surface area contributed by atoms with E-state index in [4.69, 9.17) is 16.3 Å². The minimum absolute atomic E-state index is 0.238. The molecule has 0 saturated heterocycles. The van der Waals surface area contributed by atoms with Gasteiger partial charge in [-0.2, -0.15) is 0 Å². The molecule has 0 N–H and O–H groups in total. The molecule has 1 aliphatic rings. The van der Waals surface area contributed by atoms with Crippen LogP contribution < -0.4 is 4.74 Å². The lowest BCUT2D eigenvalue weighted by molar-refractivity contribution is 0.158. The van der Waals surface area contributed by atoms with Gasteiger partial charge >= 0.3 is 0 Å². The standard InChI is InChI=1S/C11H12ClNO/c1-11(2)5-3-8-9(7-12)13-6-4-10(8)14-11/h3-6H,7H2,1-2H3. The van der Waals surface area contributed by atoms with Gasteiger partial charge in [0.25, 0.3) is 0 Å². The Morgan fingerprint density at radius 3 is 3.00 bits per heavy atom. The van der Waals surface area contributed by atoms with E-state index in [1.807, 2.05) is 32.1 Å². The predicted octanol–water partition coefficient (Wildman–Crippen LogP) is 3.00. The van der Waals surface area contributed by atoms with Crippen LogP contribution in [-0.2, 0) is 5.88 Å². The van der Waals surface area contributed by atoms with Crippen molar-refractivity contribution in [1.29, 1.82) is 0 Å². The van der Waals surface area contributed by atoms with Crippen LogP contribution in [0.2, 0.25) is 0 Å². The van der Waals surface area contributed by atoms with E-state index in [1.165, 1.54) is 0 Å². The fraction of sp³-hybridized carbons (Fsp3) is 0.364. The third-order valence-electron chi connectivity index (χ3n) is 2.18. The molecule has 14 heavy (non-hydrogen) atoms. The van der Waals surface area contributed by atoms with Crippen LogP contribution in [0.4, 0.5) is 0 Å². The molecule has 1 aliphatic heterocycles. The summed E-state index contributed by atoms with van der Waals surface area (Å²) in [6.45, 7) is 4.04. The molecule has 0 amide bonds. The Labute approximate surface area is 88.6 Å². The van der Waals surface area contributed by atoms with Crippen molar-refractivity contribution >= 4 is 17.7 Å². The second-order valence-electron chi connectivity index (χ2n) is 3.84. The maximum atomic E-state index is 5.78. The number of ether oxygens (including phenoxy) is 1. The van der Waals surface area contributed by atoms with Crippen LogP contribution in [-0.4, -0.2) is 10.6 Å². The lowest BCUT2D eigenvalue weighted by atomic mass is 10.0. The molecule has 1 aromatic rings. The second kappa shape index (κ2) is 3.28. The van der Waals surface area contributed by atoms with Crippen LogP contribution in [0.25, 0.3) is 6.08 Å². The molecule has 0 aromatic carbocycles. The van der Waals surface area contributed by atoms with Crippen LogP contribution >= 0.6 is 11.6 Å². The van der Waals surface area contributed by atoms with Gasteiger partial charge in [0, 0.05) is 11.8 Å². The van der Waals surface area contributed by atoms with E-state index in [-0.39, 0.29) is 5.60 Å². The van der Waals surface area contributed by atoms with Crippen molar-refractivity contribution in [3.8, 4) is 5.75 Å². The highest BCUT2D eigenvalue weighted by molar-refractivity contribution is 6.17. The van der Waals surface area contributed by atoms with E-state index in [1.54, 1.807) is 6.20 Å². The van der Waals surface area contributed by atoms with Gasteiger partial charge in [-0.15, -0.1) is 11.6 Å². The van der Waals surface area contributed by atoms with Crippen LogP contribution in [0, 0.1) is 0 Å². The minimum Gasteiger partial charge on any atom is -0.483 e. The molecule has 0 saturated carbocycles. The molecule has 1 aromatic heterocycles. The van der Waals surface area contributed by atoms with Gasteiger partial charge in [0.2, 0.25) is 0 Å². The van der Waals surface area contributed by atoms with E-state index >= 15 is 0 Å². The quantitative estimate of drug-likeness (QED) is 0.664. The second-order valence-corrected chi connectivity index (χ2v) is 4.11. The number of aromatic nitrogens is 1. The van der Waals surface area contributed by atoms with Crippen LogP contribution in [0.15, 0.2) is 18.3 Å². The summed E-state index contributed by atoms with van der Waals surface area (Å²) in [6, 6.07) is 1.87. The summed E-state index contributed by atoms with van der Waals surface area (Å²) in [5.41, 5.74) is 1.63. The molecule has 0 atom stereocenters. The fourth-order valence-electron chi connectivity index (χ4n) is 1.47. The zero-order chi connectivity index (χ0) is 10.2. The highest BCUT2D eigenvalue weighted by Crippen LogP contribution is 2.32. The van der Waals surface area contributed by atoms with Crippen LogP contribution in [0.5, 0.6) is 5.75 Å². The SMILES string of the molecule is CC1(C)C=Cc2c(ccnc2CCl)O1. The van der Waals surface area contributed by atoms with Gasteiger partial charge in [0.15, 0.2) is 0 Å². The monoisotopic (exact) mass is 209 g/mol. The Balaban J connectivity index is 2.50. The van der Waals surface area contributed by atoms with Crippen molar-refractivity contribution in [3.05, 3.63) is 29.6 Å². The molecule has 2 heterocycles. The Hall–Kier alpha value is -1.02. The molecule has 2 nitrogen and oxygen atoms in total. The van der Waals surface area contributed by atoms with Crippen molar-refractivity contribution in [2.24, 2.45) is 0 Å². The molecule has 2 rings (SSSR count). The predicted molar refractivity (Wildman–Crippen MR) is 57.5 cm³/mol. The summed E-state index contributed by atoms with van der Waals surface area (Å²) in [5.74, 6) is 1.28. The number of hydrogen-bond donors (Lipinski definition) is 0. The number of halogens is 1. The maximum absolute atomic E-state index is 5.78. The van der Waals surface area contributed by atoms with Gasteiger partial charge in [-0.05, 0) is 32.1 Å². The number of hydrogen-bond acceptors (Lipinski definition) is 2. The van der Waals surface area contributed by atoms with Crippen molar-refractivity contribution < 1.29 is 4.74 Å². The highest BCUT2D eigenvalue weighted by atomic mass is 35.5. The molecular weight excluding hydrogens is 198 g/mol. The molecule has 0 fully saturated rings. The average Bonchev–Trinajstić information content (AvgIpc) is 2.15. The van der Waals surface area contributed by atoms with Crippen LogP contribution in [0.3, 0.4) is 0 Å². The smallest absolute Gasteiger partial charge is 0.131 e. The topological polar surface area (TPSA) is 22.1 Å². The summed E-state index contributed by atoms with van der Waals surface area (Å²) in [4.78, 5) is 4.20. The fourth-order valence-corrected chi connectivity index (χ4v) is 1.68. The third-order valence-corrected chi connectivity index (χ3v) is 2.44. The van der Waals surface area contributed by atoms with E-state index in [2.05, 4.69) is 4.98 Å². The first-order valence-corrected chi connectivity index (χ1v) is 5.08. The number of rotatable bonds is 1. The largest absolute Gasteiger partial charge is 0.483 e. The maximum Gasteiger partial charge on any atom is 0.131 e. The summed E-state index contributed by atoms with van der Waals surface area (Å²) in [6.07, 6.45) is 5.78. The van der Waals surface area contributed by atoms with E-state index in [9.17, 15) is 0 Å². The molecule has 0 aliphatic carbocycles. The average molecular weight is 210 g/mol. The third kappa shape index (κ3) is 1.62. The molecular formula is C11H12ClNO. The summed E-state index contributed by atoms with van der Waals surface area (Å²) in [5, 5.41) is 0. The zero-order valence-electron chi connectivity index (χ0n) is 8.25. The minimum atomic E-state index is -0.238. The number of fused-ring (bicyclic) bond motifs is 1. The van der Waals surface area contributed by atoms with Gasteiger partial charge in [-0.1, -0.05) is 0 Å². The van der Waals surface area contributed by atoms with Gasteiger partial charge in [-0.3, -0.25) is 4.98 Å². The Morgan fingerprint density at radius 1 is 1.50 bits per heavy atom. The van der Waals surface area contributed by atoms with Gasteiger partial charge in [0.1, 0.15) is 11.4 Å². The first kappa shape index (κ1) is 9.53. The highest BCUT2D eigenvalue weighted by Gasteiger charge is 2.22. The van der Waals surface area contributed by atoms with Crippen LogP contribution in [0.1, 0.15) is 25.1 Å². The Bertz CT molecular complexity index is 385. The number of pyridine rings is 1. The first-order valence-electron chi connectivity index (χ1n) is 4.54. The van der Waals surface area contributed by atoms with E-state index in [0.29, 0.717) is 5.88 Å².